The molecule has 4 N–H and O–H groups in total. The van der Waals surface area contributed by atoms with Crippen LogP contribution in [0, 0.1) is 5.92 Å². The van der Waals surface area contributed by atoms with E-state index in [1.165, 1.54) is 8.72 Å². The van der Waals surface area contributed by atoms with Crippen molar-refractivity contribution in [1.82, 2.24) is 13.7 Å². The molecule has 0 bridgehead atoms. The van der Waals surface area contributed by atoms with Crippen LogP contribution in [0.25, 0.3) is 0 Å². The zero-order valence-electron chi connectivity index (χ0n) is 13.0. The Hall–Kier alpha value is -0.225. The van der Waals surface area contributed by atoms with Crippen molar-refractivity contribution in [1.29, 1.82) is 0 Å². The molecule has 0 unspecified atom stereocenters. The SMILES string of the molecule is CCN(N(C)C)S(=O)(=O)N1C[C@H](CCCB(O)O)[C@@H](N)C1. The van der Waals surface area contributed by atoms with Gasteiger partial charge in [-0.1, -0.05) is 6.42 Å². The highest BCUT2D eigenvalue weighted by Crippen LogP contribution is 2.25. The van der Waals surface area contributed by atoms with Gasteiger partial charge in [-0.05, 0) is 25.6 Å². The van der Waals surface area contributed by atoms with E-state index in [9.17, 15) is 8.42 Å². The van der Waals surface area contributed by atoms with E-state index < -0.39 is 17.3 Å². The van der Waals surface area contributed by atoms with E-state index in [0.717, 1.165) is 0 Å². The maximum absolute atomic E-state index is 12.6. The fourth-order valence-corrected chi connectivity index (χ4v) is 4.44. The first-order valence-electron chi connectivity index (χ1n) is 7.26. The Balaban J connectivity index is 2.66. The largest absolute Gasteiger partial charge is 0.451 e. The Morgan fingerprint density at radius 1 is 1.33 bits per heavy atom. The van der Waals surface area contributed by atoms with Crippen LogP contribution < -0.4 is 5.73 Å². The van der Waals surface area contributed by atoms with E-state index in [1.54, 1.807) is 26.0 Å². The van der Waals surface area contributed by atoms with E-state index in [-0.39, 0.29) is 18.3 Å². The smallest absolute Gasteiger partial charge is 0.427 e. The van der Waals surface area contributed by atoms with Gasteiger partial charge in [0.05, 0.1) is 0 Å². The van der Waals surface area contributed by atoms with Gasteiger partial charge in [0, 0.05) is 39.8 Å². The number of hydrogen-bond acceptors (Lipinski definition) is 6. The van der Waals surface area contributed by atoms with Crippen LogP contribution >= 0.6 is 0 Å². The van der Waals surface area contributed by atoms with Crippen LogP contribution in [0.3, 0.4) is 0 Å². The summed E-state index contributed by atoms with van der Waals surface area (Å²) < 4.78 is 27.8. The lowest BCUT2D eigenvalue weighted by molar-refractivity contribution is 0.123. The predicted octanol–water partition coefficient (Wildman–Crippen LogP) is -1.46. The van der Waals surface area contributed by atoms with Crippen molar-refractivity contribution in [3.8, 4) is 0 Å². The molecule has 21 heavy (non-hydrogen) atoms. The van der Waals surface area contributed by atoms with E-state index >= 15 is 0 Å². The van der Waals surface area contributed by atoms with E-state index in [4.69, 9.17) is 15.8 Å². The first kappa shape index (κ1) is 18.8. The summed E-state index contributed by atoms with van der Waals surface area (Å²) in [5, 5.41) is 19.2. The monoisotopic (exact) mass is 322 g/mol. The number of rotatable bonds is 8. The van der Waals surface area contributed by atoms with Crippen molar-refractivity contribution in [2.75, 3.05) is 33.7 Å². The van der Waals surface area contributed by atoms with Gasteiger partial charge in [-0.25, -0.2) is 5.01 Å². The van der Waals surface area contributed by atoms with Crippen molar-refractivity contribution in [3.63, 3.8) is 0 Å². The van der Waals surface area contributed by atoms with Gasteiger partial charge < -0.3 is 15.8 Å². The van der Waals surface area contributed by atoms with Gasteiger partial charge in [-0.15, -0.1) is 4.41 Å². The fourth-order valence-electron chi connectivity index (χ4n) is 2.70. The normalized spacial score (nSPS) is 24.2. The van der Waals surface area contributed by atoms with Crippen molar-refractivity contribution >= 4 is 17.3 Å². The summed E-state index contributed by atoms with van der Waals surface area (Å²) in [6.45, 7) is 2.84. The maximum Gasteiger partial charge on any atom is 0.451 e. The van der Waals surface area contributed by atoms with Crippen LogP contribution in [0.1, 0.15) is 19.8 Å². The minimum atomic E-state index is -3.54. The van der Waals surface area contributed by atoms with Crippen molar-refractivity contribution in [2.24, 2.45) is 11.7 Å². The molecule has 1 saturated heterocycles. The second kappa shape index (κ2) is 7.86. The summed E-state index contributed by atoms with van der Waals surface area (Å²) in [4.78, 5) is 0. The molecule has 10 heteroatoms. The van der Waals surface area contributed by atoms with Crippen molar-refractivity contribution in [3.05, 3.63) is 0 Å². The molecule has 8 nitrogen and oxygen atoms in total. The quantitative estimate of drug-likeness (QED) is 0.372. The highest BCUT2D eigenvalue weighted by molar-refractivity contribution is 7.86. The molecular formula is C11H27BN4O4S. The standard InChI is InChI=1S/C11H27BN4O4S/c1-4-16(14(2)3)21(19,20)15-8-10(11(13)9-15)6-5-7-12(17)18/h10-11,17-18H,4-9,13H2,1-3H3/t10-,11-/m0/s1. The Morgan fingerprint density at radius 2 is 1.95 bits per heavy atom. The molecule has 0 saturated carbocycles. The molecule has 0 spiro atoms. The van der Waals surface area contributed by atoms with Gasteiger partial charge in [-0.2, -0.15) is 12.7 Å². The third kappa shape index (κ3) is 4.88. The summed E-state index contributed by atoms with van der Waals surface area (Å²) in [5.41, 5.74) is 6.04. The molecule has 124 valence electrons. The second-order valence-electron chi connectivity index (χ2n) is 5.65. The van der Waals surface area contributed by atoms with E-state index in [0.29, 0.717) is 32.5 Å². The number of nitrogens with two attached hydrogens (primary N) is 1. The topological polar surface area (TPSA) is 110 Å². The van der Waals surface area contributed by atoms with Gasteiger partial charge in [0.25, 0.3) is 10.2 Å². The van der Waals surface area contributed by atoms with Crippen molar-refractivity contribution < 1.29 is 18.5 Å². The van der Waals surface area contributed by atoms with Crippen LogP contribution in [-0.2, 0) is 10.2 Å². The summed E-state index contributed by atoms with van der Waals surface area (Å²) in [6, 6.07) is -0.212. The zero-order chi connectivity index (χ0) is 16.2. The summed E-state index contributed by atoms with van der Waals surface area (Å²) in [5.74, 6) is 0.0550. The predicted molar refractivity (Wildman–Crippen MR) is 82.3 cm³/mol. The zero-order valence-corrected chi connectivity index (χ0v) is 13.8. The first-order valence-corrected chi connectivity index (χ1v) is 8.66. The van der Waals surface area contributed by atoms with Crippen molar-refractivity contribution in [2.45, 2.75) is 32.1 Å². The Bertz CT molecular complexity index is 420. The maximum atomic E-state index is 12.6. The molecule has 0 aromatic rings. The average molecular weight is 322 g/mol. The first-order chi connectivity index (χ1) is 9.70. The van der Waals surface area contributed by atoms with Gasteiger partial charge in [0.15, 0.2) is 0 Å². The Morgan fingerprint density at radius 3 is 2.43 bits per heavy atom. The molecule has 0 aliphatic carbocycles. The molecular weight excluding hydrogens is 295 g/mol. The molecule has 0 aromatic carbocycles. The van der Waals surface area contributed by atoms with Gasteiger partial charge >= 0.3 is 7.12 Å². The lowest BCUT2D eigenvalue weighted by Crippen LogP contribution is -2.49. The summed E-state index contributed by atoms with van der Waals surface area (Å²) in [7, 11) is -1.47. The van der Waals surface area contributed by atoms with Gasteiger partial charge in [0.2, 0.25) is 0 Å². The molecule has 2 atom stereocenters. The minimum absolute atomic E-state index is 0.0550. The summed E-state index contributed by atoms with van der Waals surface area (Å²) in [6.07, 6.45) is 1.60. The lowest BCUT2D eigenvalue weighted by atomic mass is 9.82. The third-order valence-electron chi connectivity index (χ3n) is 3.80. The number of hydrazine groups is 1. The van der Waals surface area contributed by atoms with Crippen LogP contribution in [0.2, 0.25) is 6.32 Å². The Labute approximate surface area is 127 Å². The number of nitrogens with zero attached hydrogens (tertiary/aromatic N) is 3. The molecule has 0 radical (unpaired) electrons. The number of hydrogen-bond donors (Lipinski definition) is 3. The second-order valence-corrected chi connectivity index (χ2v) is 7.48. The molecule has 1 aliphatic rings. The third-order valence-corrected chi connectivity index (χ3v) is 5.87. The average Bonchev–Trinajstić information content (AvgIpc) is 2.71. The van der Waals surface area contributed by atoms with E-state index in [1.807, 2.05) is 0 Å². The highest BCUT2D eigenvalue weighted by Gasteiger charge is 2.39. The van der Waals surface area contributed by atoms with Crippen LogP contribution in [0.5, 0.6) is 0 Å². The van der Waals surface area contributed by atoms with Crippen LogP contribution in [0.4, 0.5) is 0 Å². The van der Waals surface area contributed by atoms with Crippen LogP contribution in [0.15, 0.2) is 0 Å². The molecule has 1 fully saturated rings. The van der Waals surface area contributed by atoms with E-state index in [2.05, 4.69) is 0 Å². The van der Waals surface area contributed by atoms with Crippen LogP contribution in [-0.4, -0.2) is 79.1 Å². The summed E-state index contributed by atoms with van der Waals surface area (Å²) >= 11 is 0. The van der Waals surface area contributed by atoms with Gasteiger partial charge in [0.1, 0.15) is 0 Å². The Kier molecular flexibility index (Phi) is 7.05. The molecule has 1 aliphatic heterocycles. The molecule has 1 heterocycles. The molecule has 0 amide bonds. The van der Waals surface area contributed by atoms with Gasteiger partial charge in [-0.3, -0.25) is 0 Å². The molecule has 0 aromatic heterocycles. The fraction of sp³-hybridized carbons (Fsp3) is 1.00. The minimum Gasteiger partial charge on any atom is -0.427 e. The lowest BCUT2D eigenvalue weighted by Gasteiger charge is -2.30. The highest BCUT2D eigenvalue weighted by atomic mass is 32.2. The molecule has 1 rings (SSSR count).